The van der Waals surface area contributed by atoms with Crippen LogP contribution in [0.15, 0.2) is 95.9 Å². The monoisotopic (exact) mass is 506 g/mol. The van der Waals surface area contributed by atoms with Gasteiger partial charge in [0.05, 0.1) is 27.9 Å². The van der Waals surface area contributed by atoms with Gasteiger partial charge in [0.1, 0.15) is 5.69 Å². The van der Waals surface area contributed by atoms with E-state index in [1.54, 1.807) is 43.3 Å². The molecule has 0 spiro atoms. The number of rotatable bonds is 5. The molecule has 1 aromatic heterocycles. The number of anilines is 1. The predicted molar refractivity (Wildman–Crippen MR) is 143 cm³/mol. The van der Waals surface area contributed by atoms with E-state index in [2.05, 4.69) is 16.5 Å². The molecule has 0 aliphatic heterocycles. The van der Waals surface area contributed by atoms with Crippen LogP contribution in [0.5, 0.6) is 0 Å². The van der Waals surface area contributed by atoms with Gasteiger partial charge in [-0.25, -0.2) is 13.1 Å². The molecule has 0 aliphatic rings. The minimum atomic E-state index is -3.62. The van der Waals surface area contributed by atoms with Gasteiger partial charge in [-0.3, -0.25) is 4.79 Å². The van der Waals surface area contributed by atoms with E-state index in [1.807, 2.05) is 54.6 Å². The van der Waals surface area contributed by atoms with Gasteiger partial charge in [0.25, 0.3) is 5.91 Å². The van der Waals surface area contributed by atoms with E-state index >= 15 is 0 Å². The summed E-state index contributed by atoms with van der Waals surface area (Å²) >= 11 is 0. The third-order valence-corrected chi connectivity index (χ3v) is 7.15. The molecule has 0 atom stereocenters. The van der Waals surface area contributed by atoms with E-state index < -0.39 is 15.7 Å². The van der Waals surface area contributed by atoms with Crippen molar-refractivity contribution in [1.29, 1.82) is 5.26 Å². The van der Waals surface area contributed by atoms with Gasteiger partial charge in [-0.15, -0.1) is 0 Å². The first-order valence-corrected chi connectivity index (χ1v) is 13.3. The topological polar surface area (TPSA) is 105 Å². The molecule has 37 heavy (non-hydrogen) atoms. The van der Waals surface area contributed by atoms with Crippen LogP contribution in [-0.4, -0.2) is 30.4 Å². The molecule has 0 unspecified atom stereocenters. The quantitative estimate of drug-likeness (QED) is 0.338. The number of sulfone groups is 1. The third kappa shape index (κ3) is 4.73. The lowest BCUT2D eigenvalue weighted by atomic mass is 10.0. The summed E-state index contributed by atoms with van der Waals surface area (Å²) in [6.45, 7) is 1.75. The summed E-state index contributed by atoms with van der Waals surface area (Å²) in [7, 11) is -3.62. The molecule has 5 aromatic rings. The first-order valence-electron chi connectivity index (χ1n) is 11.5. The normalized spacial score (nSPS) is 11.3. The molecule has 1 heterocycles. The Morgan fingerprint density at radius 2 is 1.57 bits per heavy atom. The van der Waals surface area contributed by atoms with E-state index in [1.165, 1.54) is 4.68 Å². The molecule has 0 saturated carbocycles. The lowest BCUT2D eigenvalue weighted by Crippen LogP contribution is -2.18. The van der Waals surface area contributed by atoms with Gasteiger partial charge in [0, 0.05) is 11.9 Å². The molecule has 5 rings (SSSR count). The highest BCUT2D eigenvalue weighted by Gasteiger charge is 2.22. The second kappa shape index (κ2) is 9.37. The fraction of sp³-hybridized carbons (Fsp3) is 0.0690. The zero-order valence-electron chi connectivity index (χ0n) is 20.1. The van der Waals surface area contributed by atoms with Crippen LogP contribution in [0.1, 0.15) is 21.7 Å². The fourth-order valence-corrected chi connectivity index (χ4v) is 5.14. The van der Waals surface area contributed by atoms with E-state index in [0.29, 0.717) is 22.6 Å². The van der Waals surface area contributed by atoms with Gasteiger partial charge in [-0.2, -0.15) is 10.4 Å². The first-order chi connectivity index (χ1) is 17.7. The molecule has 0 aliphatic carbocycles. The van der Waals surface area contributed by atoms with Crippen LogP contribution in [0.4, 0.5) is 5.69 Å². The van der Waals surface area contributed by atoms with Crippen LogP contribution in [-0.2, 0) is 9.84 Å². The highest BCUT2D eigenvalue weighted by molar-refractivity contribution is 7.90. The van der Waals surface area contributed by atoms with Crippen LogP contribution in [0, 0.1) is 18.3 Å². The number of fused-ring (bicyclic) bond motifs is 1. The number of aryl methyl sites for hydroxylation is 1. The SMILES string of the molecule is Cc1cc(C(=O)Nc2ccc(-c3ccccc3C#N)cc2)n(-c2cc3ccccc3cc2S(C)(=O)=O)n1. The molecule has 8 heteroatoms. The fourth-order valence-electron chi connectivity index (χ4n) is 4.28. The molecule has 7 nitrogen and oxygen atoms in total. The molecular weight excluding hydrogens is 484 g/mol. The molecule has 0 radical (unpaired) electrons. The van der Waals surface area contributed by atoms with Crippen molar-refractivity contribution in [3.05, 3.63) is 108 Å². The van der Waals surface area contributed by atoms with Gasteiger partial charge in [-0.1, -0.05) is 54.6 Å². The number of hydrogen-bond acceptors (Lipinski definition) is 5. The number of carbonyl (C=O) groups is 1. The Morgan fingerprint density at radius 1 is 0.919 bits per heavy atom. The van der Waals surface area contributed by atoms with Crippen molar-refractivity contribution in [2.75, 3.05) is 11.6 Å². The number of nitrogens with one attached hydrogen (secondary N) is 1. The predicted octanol–water partition coefficient (Wildman–Crippen LogP) is 5.53. The van der Waals surface area contributed by atoms with Gasteiger partial charge >= 0.3 is 0 Å². The van der Waals surface area contributed by atoms with Gasteiger partial charge in [-0.05, 0) is 65.2 Å². The minimum Gasteiger partial charge on any atom is -0.321 e. The van der Waals surface area contributed by atoms with Crippen molar-refractivity contribution in [3.8, 4) is 22.9 Å². The smallest absolute Gasteiger partial charge is 0.274 e. The molecule has 1 N–H and O–H groups in total. The maximum Gasteiger partial charge on any atom is 0.274 e. The van der Waals surface area contributed by atoms with Gasteiger partial charge in [0.15, 0.2) is 9.84 Å². The van der Waals surface area contributed by atoms with Crippen molar-refractivity contribution in [1.82, 2.24) is 9.78 Å². The first kappa shape index (κ1) is 24.0. The second-order valence-corrected chi connectivity index (χ2v) is 10.7. The summed E-state index contributed by atoms with van der Waals surface area (Å²) in [4.78, 5) is 13.4. The van der Waals surface area contributed by atoms with Crippen LogP contribution < -0.4 is 5.32 Å². The molecule has 1 amide bonds. The van der Waals surface area contributed by atoms with Gasteiger partial charge in [0.2, 0.25) is 0 Å². The van der Waals surface area contributed by atoms with E-state index in [-0.39, 0.29) is 10.6 Å². The number of amides is 1. The Bertz CT molecular complexity index is 1810. The number of hydrogen-bond donors (Lipinski definition) is 1. The van der Waals surface area contributed by atoms with Crippen molar-refractivity contribution in [2.24, 2.45) is 0 Å². The number of aromatic nitrogens is 2. The molecule has 182 valence electrons. The summed E-state index contributed by atoms with van der Waals surface area (Å²) < 4.78 is 26.7. The van der Waals surface area contributed by atoms with Crippen LogP contribution in [0.3, 0.4) is 0 Å². The Kier molecular flexibility index (Phi) is 6.07. The zero-order chi connectivity index (χ0) is 26.2. The summed E-state index contributed by atoms with van der Waals surface area (Å²) in [6, 6.07) is 29.1. The number of benzene rings is 4. The molecule has 0 bridgehead atoms. The highest BCUT2D eigenvalue weighted by Crippen LogP contribution is 2.29. The van der Waals surface area contributed by atoms with E-state index in [9.17, 15) is 18.5 Å². The zero-order valence-corrected chi connectivity index (χ0v) is 21.0. The minimum absolute atomic E-state index is 0.0869. The van der Waals surface area contributed by atoms with Crippen molar-refractivity contribution < 1.29 is 13.2 Å². The average molecular weight is 507 g/mol. The van der Waals surface area contributed by atoms with Crippen LogP contribution in [0.25, 0.3) is 27.6 Å². The number of carbonyl (C=O) groups excluding carboxylic acids is 1. The maximum atomic E-state index is 13.3. The highest BCUT2D eigenvalue weighted by atomic mass is 32.2. The van der Waals surface area contributed by atoms with Gasteiger partial charge < -0.3 is 5.32 Å². The summed E-state index contributed by atoms with van der Waals surface area (Å²) in [5.41, 5.74) is 3.86. The van der Waals surface area contributed by atoms with Crippen molar-refractivity contribution >= 4 is 32.2 Å². The largest absolute Gasteiger partial charge is 0.321 e. The molecular formula is C29H22N4O3S. The average Bonchev–Trinajstić information content (AvgIpc) is 3.29. The lowest BCUT2D eigenvalue weighted by Gasteiger charge is -2.14. The number of nitrogens with zero attached hydrogens (tertiary/aromatic N) is 3. The van der Waals surface area contributed by atoms with E-state index in [0.717, 1.165) is 28.2 Å². The Morgan fingerprint density at radius 3 is 2.24 bits per heavy atom. The third-order valence-electron chi connectivity index (χ3n) is 6.02. The van der Waals surface area contributed by atoms with Crippen LogP contribution in [0.2, 0.25) is 0 Å². The Labute approximate surface area is 214 Å². The Balaban J connectivity index is 1.51. The standard InChI is InChI=1S/C29H22N4O3S/c1-19-15-27(29(34)31-24-13-11-20(12-14-24)25-10-6-5-9-23(25)18-30)33(32-19)26-16-21-7-3-4-8-22(21)17-28(26)37(2,35)36/h3-17H,1-2H3,(H,31,34). The van der Waals surface area contributed by atoms with Crippen LogP contribution >= 0.6 is 0 Å². The Hall–Kier alpha value is -4.74. The molecule has 0 fully saturated rings. The lowest BCUT2D eigenvalue weighted by molar-refractivity contribution is 0.101. The van der Waals surface area contributed by atoms with Crippen molar-refractivity contribution in [2.45, 2.75) is 11.8 Å². The molecule has 4 aromatic carbocycles. The number of nitriles is 1. The summed E-state index contributed by atoms with van der Waals surface area (Å²) in [5.74, 6) is -0.432. The van der Waals surface area contributed by atoms with E-state index in [4.69, 9.17) is 0 Å². The summed E-state index contributed by atoms with van der Waals surface area (Å²) in [5, 5.41) is 18.3. The second-order valence-electron chi connectivity index (χ2n) is 8.71. The van der Waals surface area contributed by atoms with Crippen molar-refractivity contribution in [3.63, 3.8) is 0 Å². The maximum absolute atomic E-state index is 13.3. The summed E-state index contributed by atoms with van der Waals surface area (Å²) in [6.07, 6.45) is 1.14. The molecule has 0 saturated heterocycles.